The number of carbonyl (C=O) groups excluding carboxylic acids is 1. The second kappa shape index (κ2) is 11.3. The summed E-state index contributed by atoms with van der Waals surface area (Å²) in [5.41, 5.74) is 0. The molecule has 0 N–H and O–H groups in total. The fourth-order valence-electron chi connectivity index (χ4n) is 2.11. The lowest BCUT2D eigenvalue weighted by Crippen LogP contribution is -2.70. The summed E-state index contributed by atoms with van der Waals surface area (Å²) >= 11 is 0. The molecule has 0 rings (SSSR count). The lowest BCUT2D eigenvalue weighted by Gasteiger charge is -2.41. The lowest BCUT2D eigenvalue weighted by atomic mass is 9.85. The van der Waals surface area contributed by atoms with Crippen molar-refractivity contribution in [2.45, 2.75) is 68.9 Å². The first-order chi connectivity index (χ1) is 14.9. The number of alkyl halides is 15. The van der Waals surface area contributed by atoms with Crippen LogP contribution in [0.1, 0.15) is 26.7 Å². The summed E-state index contributed by atoms with van der Waals surface area (Å²) in [6.45, 7) is 0.795. The molecule has 206 valence electrons. The second-order valence-electron chi connectivity index (χ2n) is 6.63. The molecule has 0 spiro atoms. The second-order valence-corrected chi connectivity index (χ2v) is 6.63. The third-order valence-electron chi connectivity index (χ3n) is 4.40. The van der Waals surface area contributed by atoms with Crippen molar-refractivity contribution in [3.8, 4) is 0 Å². The first kappa shape index (κ1) is 34.4. The number of hydrogen-bond acceptors (Lipinski definition) is 2. The first-order valence-electron chi connectivity index (χ1n) is 8.49. The minimum atomic E-state index is -8.08. The van der Waals surface area contributed by atoms with Gasteiger partial charge in [0.1, 0.15) is 5.92 Å². The summed E-state index contributed by atoms with van der Waals surface area (Å²) in [6.07, 6.45) is -14.7. The van der Waals surface area contributed by atoms with E-state index in [0.29, 0.717) is 0 Å². The lowest BCUT2D eigenvalue weighted by molar-refractivity contribution is -0.427. The van der Waals surface area contributed by atoms with Crippen LogP contribution in [0.5, 0.6) is 0 Å². The molecule has 0 fully saturated rings. The largest absolute Gasteiger partial charge is 0.465 e. The molecule has 19 heteroatoms. The fourth-order valence-corrected chi connectivity index (χ4v) is 2.11. The zero-order chi connectivity index (χ0) is 28.1. The van der Waals surface area contributed by atoms with Gasteiger partial charge in [-0.2, -0.15) is 57.1 Å². The van der Waals surface area contributed by atoms with Gasteiger partial charge in [0.2, 0.25) is 0 Å². The minimum Gasteiger partial charge on any atom is -0.465 e. The highest BCUT2D eigenvalue weighted by atomic mass is 20.0. The highest BCUT2D eigenvalue weighted by molar-refractivity contribution is 5.71. The number of halogens is 17. The highest BCUT2D eigenvalue weighted by Crippen LogP contribution is 2.61. The zero-order valence-electron chi connectivity index (χ0n) is 16.6. The Balaban J connectivity index is 0. The number of hydrogen-bond donors (Lipinski definition) is 0. The zero-order valence-corrected chi connectivity index (χ0v) is 16.6. The average Bonchev–Trinajstić information content (AvgIpc) is 2.69. The van der Waals surface area contributed by atoms with Crippen LogP contribution in [0.3, 0.4) is 0 Å². The molecule has 0 bridgehead atoms. The number of rotatable bonds is 11. The molecule has 0 aromatic heterocycles. The predicted molar refractivity (Wildman–Crippen MR) is 77.5 cm³/mol. The van der Waals surface area contributed by atoms with E-state index in [4.69, 9.17) is 9.15 Å². The highest BCUT2D eigenvalue weighted by Gasteiger charge is 2.89. The van der Waals surface area contributed by atoms with Crippen molar-refractivity contribution < 1.29 is 84.5 Å². The van der Waals surface area contributed by atoms with Crippen LogP contribution in [-0.4, -0.2) is 54.8 Å². The van der Waals surface area contributed by atoms with E-state index in [9.17, 15) is 70.7 Å². The molecule has 2 unspecified atom stereocenters. The Kier molecular flexibility index (Phi) is 11.5. The van der Waals surface area contributed by atoms with Gasteiger partial charge >= 0.3 is 48.2 Å². The van der Waals surface area contributed by atoms with Crippen LogP contribution in [0, 0.1) is 11.8 Å². The van der Waals surface area contributed by atoms with Crippen LogP contribution in [0.4, 0.5) is 75.0 Å². The molecule has 0 aliphatic rings. The Morgan fingerprint density at radius 3 is 1.44 bits per heavy atom. The summed E-state index contributed by atoms with van der Waals surface area (Å²) in [6, 6.07) is 0. The van der Waals surface area contributed by atoms with Gasteiger partial charge in [-0.3, -0.25) is 4.79 Å². The van der Waals surface area contributed by atoms with Crippen LogP contribution in [-0.2, 0) is 9.53 Å². The van der Waals surface area contributed by atoms with E-state index in [1.807, 2.05) is 0 Å². The van der Waals surface area contributed by atoms with E-state index >= 15 is 0 Å². The maximum absolute atomic E-state index is 13.9. The third-order valence-corrected chi connectivity index (χ3v) is 4.40. The molecular weight excluding hydrogens is 535 g/mol. The summed E-state index contributed by atoms with van der Waals surface area (Å²) in [5, 5.41) is 0. The van der Waals surface area contributed by atoms with E-state index < -0.39 is 73.0 Å². The van der Waals surface area contributed by atoms with Crippen molar-refractivity contribution in [3.05, 3.63) is 0 Å². The normalized spacial score (nSPS) is 16.0. The SMILES string of the molecule is CCC(C)C(=O)OCCC(C(F)(F)F)C(F)(F)C(F)(F)C(F)(F)C(F)(F)C(F)(F)C(F)F.FF. The van der Waals surface area contributed by atoms with Gasteiger partial charge in [-0.1, -0.05) is 13.8 Å². The number of carbonyl (C=O) groups is 1. The average molecular weight is 550 g/mol. The van der Waals surface area contributed by atoms with Crippen LogP contribution < -0.4 is 0 Å². The maximum Gasteiger partial charge on any atom is 0.397 e. The van der Waals surface area contributed by atoms with Crippen molar-refractivity contribution in [1.82, 2.24) is 0 Å². The first-order valence-corrected chi connectivity index (χ1v) is 8.49. The predicted octanol–water partition coefficient (Wildman–Crippen LogP) is 7.43. The molecule has 0 aromatic carbocycles. The van der Waals surface area contributed by atoms with Crippen molar-refractivity contribution in [3.63, 3.8) is 0 Å². The van der Waals surface area contributed by atoms with Crippen molar-refractivity contribution in [2.24, 2.45) is 11.8 Å². The van der Waals surface area contributed by atoms with Gasteiger partial charge in [0, 0.05) is 9.15 Å². The van der Waals surface area contributed by atoms with Crippen LogP contribution in [0.15, 0.2) is 0 Å². The summed E-state index contributed by atoms with van der Waals surface area (Å²) in [4.78, 5) is 11.3. The van der Waals surface area contributed by atoms with Crippen LogP contribution in [0.25, 0.3) is 0 Å². The fraction of sp³-hybridized carbons (Fsp3) is 0.933. The van der Waals surface area contributed by atoms with Gasteiger partial charge in [0.15, 0.2) is 0 Å². The van der Waals surface area contributed by atoms with Gasteiger partial charge in [0.25, 0.3) is 0 Å². The van der Waals surface area contributed by atoms with Crippen molar-refractivity contribution in [1.29, 1.82) is 0 Å². The molecule has 0 heterocycles. The molecule has 0 aliphatic carbocycles. The Labute approximate surface area is 179 Å². The van der Waals surface area contributed by atoms with Gasteiger partial charge in [-0.15, -0.1) is 0 Å². The Morgan fingerprint density at radius 2 is 1.12 bits per heavy atom. The van der Waals surface area contributed by atoms with E-state index in [0.717, 1.165) is 6.92 Å². The van der Waals surface area contributed by atoms with Gasteiger partial charge < -0.3 is 4.74 Å². The molecule has 2 atom stereocenters. The molecule has 34 heavy (non-hydrogen) atoms. The Bertz CT molecular complexity index is 643. The maximum atomic E-state index is 13.9. The summed E-state index contributed by atoms with van der Waals surface area (Å²) < 4.78 is 216. The molecule has 0 saturated heterocycles. The smallest absolute Gasteiger partial charge is 0.397 e. The summed E-state index contributed by atoms with van der Waals surface area (Å²) in [7, 11) is 0. The van der Waals surface area contributed by atoms with E-state index in [-0.39, 0.29) is 6.42 Å². The molecular formula is C15H15F17O2. The van der Waals surface area contributed by atoms with E-state index in [1.54, 1.807) is 0 Å². The van der Waals surface area contributed by atoms with Crippen molar-refractivity contribution >= 4 is 5.97 Å². The van der Waals surface area contributed by atoms with Crippen molar-refractivity contribution in [2.75, 3.05) is 6.61 Å². The molecule has 0 aliphatic heterocycles. The molecule has 2 nitrogen and oxygen atoms in total. The third kappa shape index (κ3) is 6.28. The van der Waals surface area contributed by atoms with E-state index in [1.165, 1.54) is 6.92 Å². The standard InChI is InChI=1S/C15H15F15O2.F2/c1-3-6(2)8(31)32-5-4-7(12(22,23)24)10(18,19)13(25,26)15(29,30)14(27,28)11(20,21)9(16)17;1-2/h6-7,9H,3-5H2,1-2H3;. The number of esters is 1. The monoisotopic (exact) mass is 550 g/mol. The topological polar surface area (TPSA) is 26.3 Å². The van der Waals surface area contributed by atoms with E-state index in [2.05, 4.69) is 4.74 Å². The molecule has 0 radical (unpaired) electrons. The minimum absolute atomic E-state index is 0.0232. The Morgan fingerprint density at radius 1 is 0.735 bits per heavy atom. The Hall–Kier alpha value is -1.72. The quantitative estimate of drug-likeness (QED) is 0.198. The van der Waals surface area contributed by atoms with Gasteiger partial charge in [-0.25, -0.2) is 8.78 Å². The summed E-state index contributed by atoms with van der Waals surface area (Å²) in [5.74, 6) is -45.7. The van der Waals surface area contributed by atoms with Gasteiger partial charge in [0.05, 0.1) is 12.5 Å². The van der Waals surface area contributed by atoms with Crippen LogP contribution >= 0.6 is 0 Å². The number of ether oxygens (including phenoxy) is 1. The molecule has 0 aromatic rings. The van der Waals surface area contributed by atoms with Crippen LogP contribution in [0.2, 0.25) is 0 Å². The molecule has 0 saturated carbocycles. The molecule has 0 amide bonds. The van der Waals surface area contributed by atoms with Gasteiger partial charge in [-0.05, 0) is 12.8 Å².